The highest BCUT2D eigenvalue weighted by Crippen LogP contribution is 2.09. The number of nitrogens with one attached hydrogen (secondary N) is 1. The Morgan fingerprint density at radius 2 is 2.36 bits per heavy atom. The average molecular weight is 200 g/mol. The zero-order valence-corrected chi connectivity index (χ0v) is 8.99. The molecule has 0 bridgehead atoms. The molecule has 1 saturated heterocycles. The van der Waals surface area contributed by atoms with Gasteiger partial charge >= 0.3 is 0 Å². The van der Waals surface area contributed by atoms with Crippen LogP contribution in [0.3, 0.4) is 0 Å². The van der Waals surface area contributed by atoms with Crippen LogP contribution in [0.25, 0.3) is 0 Å². The van der Waals surface area contributed by atoms with Crippen LogP contribution in [0.5, 0.6) is 0 Å². The van der Waals surface area contributed by atoms with E-state index in [4.69, 9.17) is 5.11 Å². The Morgan fingerprint density at radius 1 is 1.64 bits per heavy atom. The highest BCUT2D eigenvalue weighted by molar-refractivity contribution is 5.81. The molecule has 1 aliphatic rings. The lowest BCUT2D eigenvalue weighted by molar-refractivity contribution is -0.133. The summed E-state index contributed by atoms with van der Waals surface area (Å²) in [4.78, 5) is 13.4. The van der Waals surface area contributed by atoms with E-state index in [-0.39, 0.29) is 11.9 Å². The van der Waals surface area contributed by atoms with Gasteiger partial charge < -0.3 is 15.3 Å². The van der Waals surface area contributed by atoms with Crippen molar-refractivity contribution in [2.75, 3.05) is 20.1 Å². The first-order valence-corrected chi connectivity index (χ1v) is 5.27. The minimum Gasteiger partial charge on any atom is -0.392 e. The average Bonchev–Trinajstić information content (AvgIpc) is 2.17. The molecule has 0 aliphatic carbocycles. The first kappa shape index (κ1) is 11.5. The van der Waals surface area contributed by atoms with Crippen molar-refractivity contribution in [2.45, 2.75) is 38.3 Å². The first-order chi connectivity index (χ1) is 6.61. The number of rotatable bonds is 3. The van der Waals surface area contributed by atoms with E-state index in [0.717, 1.165) is 25.8 Å². The number of aliphatic hydroxyl groups excluding tert-OH is 1. The van der Waals surface area contributed by atoms with E-state index in [1.54, 1.807) is 18.9 Å². The van der Waals surface area contributed by atoms with Crippen LogP contribution in [0.15, 0.2) is 0 Å². The molecular formula is C10H20N2O2. The fraction of sp³-hybridized carbons (Fsp3) is 0.900. The van der Waals surface area contributed by atoms with Gasteiger partial charge in [-0.3, -0.25) is 4.79 Å². The van der Waals surface area contributed by atoms with Gasteiger partial charge in [0.2, 0.25) is 5.91 Å². The van der Waals surface area contributed by atoms with Gasteiger partial charge in [-0.25, -0.2) is 0 Å². The molecule has 1 amide bonds. The Balaban J connectivity index is 2.38. The van der Waals surface area contributed by atoms with Crippen LogP contribution in [0.4, 0.5) is 0 Å². The van der Waals surface area contributed by atoms with Crippen molar-refractivity contribution >= 4 is 5.91 Å². The molecule has 1 heterocycles. The van der Waals surface area contributed by atoms with Crippen LogP contribution in [0, 0.1) is 0 Å². The summed E-state index contributed by atoms with van der Waals surface area (Å²) in [7, 11) is 1.74. The van der Waals surface area contributed by atoms with Crippen LogP contribution >= 0.6 is 0 Å². The molecule has 0 aromatic rings. The van der Waals surface area contributed by atoms with Crippen LogP contribution in [-0.4, -0.2) is 48.2 Å². The standard InChI is InChI=1S/C10H20N2O2/c1-8(13)7-12(2)10(14)9-5-3-4-6-11-9/h8-9,11,13H,3-7H2,1-2H3/t8?,9-/m0/s1. The Kier molecular flexibility index (Phi) is 4.35. The van der Waals surface area contributed by atoms with Crippen molar-refractivity contribution in [1.29, 1.82) is 0 Å². The molecule has 2 atom stereocenters. The molecule has 2 N–H and O–H groups in total. The lowest BCUT2D eigenvalue weighted by Gasteiger charge is -2.28. The van der Waals surface area contributed by atoms with Crippen LogP contribution in [0.2, 0.25) is 0 Å². The minimum absolute atomic E-state index is 0.0347. The molecule has 1 fully saturated rings. The van der Waals surface area contributed by atoms with Crippen molar-refractivity contribution in [3.8, 4) is 0 Å². The largest absolute Gasteiger partial charge is 0.392 e. The lowest BCUT2D eigenvalue weighted by atomic mass is 10.0. The molecule has 0 spiro atoms. The molecule has 4 nitrogen and oxygen atoms in total. The Labute approximate surface area is 85.3 Å². The molecule has 14 heavy (non-hydrogen) atoms. The highest BCUT2D eigenvalue weighted by atomic mass is 16.3. The maximum Gasteiger partial charge on any atom is 0.239 e. The van der Waals surface area contributed by atoms with Crippen molar-refractivity contribution < 1.29 is 9.90 Å². The van der Waals surface area contributed by atoms with Gasteiger partial charge in [-0.2, -0.15) is 0 Å². The maximum absolute atomic E-state index is 11.8. The highest BCUT2D eigenvalue weighted by Gasteiger charge is 2.23. The summed E-state index contributed by atoms with van der Waals surface area (Å²) < 4.78 is 0. The summed E-state index contributed by atoms with van der Waals surface area (Å²) in [5.74, 6) is 0.102. The number of amides is 1. The Hall–Kier alpha value is -0.610. The van der Waals surface area contributed by atoms with Gasteiger partial charge in [-0.1, -0.05) is 6.42 Å². The van der Waals surface area contributed by atoms with Crippen LogP contribution < -0.4 is 5.32 Å². The SMILES string of the molecule is CC(O)CN(C)C(=O)[C@@H]1CCCCN1. The summed E-state index contributed by atoms with van der Waals surface area (Å²) >= 11 is 0. The third kappa shape index (κ3) is 3.27. The Bertz CT molecular complexity index is 189. The van der Waals surface area contributed by atoms with Crippen LogP contribution in [-0.2, 0) is 4.79 Å². The van der Waals surface area contributed by atoms with E-state index in [9.17, 15) is 4.79 Å². The topological polar surface area (TPSA) is 52.6 Å². The molecular weight excluding hydrogens is 180 g/mol. The normalized spacial score (nSPS) is 24.4. The number of nitrogens with zero attached hydrogens (tertiary/aromatic N) is 1. The van der Waals surface area contributed by atoms with Crippen molar-refractivity contribution in [2.24, 2.45) is 0 Å². The molecule has 0 saturated carbocycles. The van der Waals surface area contributed by atoms with Crippen molar-refractivity contribution in [3.05, 3.63) is 0 Å². The predicted molar refractivity (Wildman–Crippen MR) is 55.0 cm³/mol. The minimum atomic E-state index is -0.451. The fourth-order valence-electron chi connectivity index (χ4n) is 1.81. The van der Waals surface area contributed by atoms with Crippen LogP contribution in [0.1, 0.15) is 26.2 Å². The second-order valence-corrected chi connectivity index (χ2v) is 4.07. The fourth-order valence-corrected chi connectivity index (χ4v) is 1.81. The number of hydrogen-bond acceptors (Lipinski definition) is 3. The number of piperidine rings is 1. The number of likely N-dealkylation sites (N-methyl/N-ethyl adjacent to an activating group) is 1. The second kappa shape index (κ2) is 5.32. The van der Waals surface area contributed by atoms with Gasteiger partial charge in [-0.05, 0) is 26.3 Å². The Morgan fingerprint density at radius 3 is 2.86 bits per heavy atom. The van der Waals surface area contributed by atoms with Gasteiger partial charge in [0.05, 0.1) is 12.1 Å². The molecule has 1 aliphatic heterocycles. The second-order valence-electron chi connectivity index (χ2n) is 4.07. The third-order valence-corrected chi connectivity index (χ3v) is 2.52. The molecule has 1 rings (SSSR count). The van der Waals surface area contributed by atoms with Gasteiger partial charge in [0.25, 0.3) is 0 Å². The summed E-state index contributed by atoms with van der Waals surface area (Å²) in [6.45, 7) is 3.04. The van der Waals surface area contributed by atoms with E-state index < -0.39 is 6.10 Å². The van der Waals surface area contributed by atoms with Crippen molar-refractivity contribution in [1.82, 2.24) is 10.2 Å². The smallest absolute Gasteiger partial charge is 0.239 e. The lowest BCUT2D eigenvalue weighted by Crippen LogP contribution is -2.48. The van der Waals surface area contributed by atoms with Gasteiger partial charge in [0.1, 0.15) is 0 Å². The molecule has 82 valence electrons. The zero-order valence-electron chi connectivity index (χ0n) is 8.99. The summed E-state index contributed by atoms with van der Waals surface area (Å²) in [6.07, 6.45) is 2.74. The zero-order chi connectivity index (χ0) is 10.6. The summed E-state index contributed by atoms with van der Waals surface area (Å²) in [5, 5.41) is 12.4. The molecule has 4 heteroatoms. The molecule has 0 radical (unpaired) electrons. The third-order valence-electron chi connectivity index (χ3n) is 2.52. The monoisotopic (exact) mass is 200 g/mol. The van der Waals surface area contributed by atoms with E-state index in [1.165, 1.54) is 0 Å². The van der Waals surface area contributed by atoms with E-state index >= 15 is 0 Å². The number of carbonyl (C=O) groups excluding carboxylic acids is 1. The first-order valence-electron chi connectivity index (χ1n) is 5.27. The number of carbonyl (C=O) groups is 1. The summed E-state index contributed by atoms with van der Waals surface area (Å²) in [5.41, 5.74) is 0. The van der Waals surface area contributed by atoms with Gasteiger partial charge in [-0.15, -0.1) is 0 Å². The van der Waals surface area contributed by atoms with Gasteiger partial charge in [0.15, 0.2) is 0 Å². The molecule has 1 unspecified atom stereocenters. The van der Waals surface area contributed by atoms with E-state index in [1.807, 2.05) is 0 Å². The van der Waals surface area contributed by atoms with Crippen molar-refractivity contribution in [3.63, 3.8) is 0 Å². The summed E-state index contributed by atoms with van der Waals surface area (Å²) in [6, 6.07) is -0.0347. The van der Waals surface area contributed by atoms with Gasteiger partial charge in [0, 0.05) is 13.6 Å². The predicted octanol–water partition coefficient (Wildman–Crippen LogP) is -0.0323. The molecule has 0 aromatic carbocycles. The molecule has 0 aromatic heterocycles. The number of aliphatic hydroxyl groups is 1. The quantitative estimate of drug-likeness (QED) is 0.672. The van der Waals surface area contributed by atoms with E-state index in [0.29, 0.717) is 6.54 Å². The maximum atomic E-state index is 11.8. The number of hydrogen-bond donors (Lipinski definition) is 2. The van der Waals surface area contributed by atoms with E-state index in [2.05, 4.69) is 5.32 Å².